The minimum absolute atomic E-state index is 0.316. The summed E-state index contributed by atoms with van der Waals surface area (Å²) >= 11 is 0. The summed E-state index contributed by atoms with van der Waals surface area (Å²) in [7, 11) is 0. The Morgan fingerprint density at radius 2 is 1.47 bits per heavy atom. The molecule has 1 heterocycles. The van der Waals surface area contributed by atoms with Crippen molar-refractivity contribution >= 4 is 23.6 Å². The fourth-order valence-corrected chi connectivity index (χ4v) is 7.62. The van der Waals surface area contributed by atoms with Crippen LogP contribution in [0, 0.1) is 17.8 Å². The van der Waals surface area contributed by atoms with Crippen LogP contribution in [0.4, 0.5) is 16.2 Å². The summed E-state index contributed by atoms with van der Waals surface area (Å²) in [6.07, 6.45) is 14.0. The van der Waals surface area contributed by atoms with Crippen LogP contribution in [-0.4, -0.2) is 25.3 Å². The summed E-state index contributed by atoms with van der Waals surface area (Å²) in [5.74, 6) is 2.82. The number of rotatable bonds is 5. The normalized spacial score (nSPS) is 30.0. The van der Waals surface area contributed by atoms with Crippen LogP contribution in [0.15, 0.2) is 53.6 Å². The lowest BCUT2D eigenvalue weighted by Gasteiger charge is -2.57. The molecule has 2 aromatic carbocycles. The molecule has 5 aliphatic rings. The highest BCUT2D eigenvalue weighted by Crippen LogP contribution is 2.60. The van der Waals surface area contributed by atoms with Gasteiger partial charge < -0.3 is 10.2 Å². The number of hydrogen-bond donors (Lipinski definition) is 2. The van der Waals surface area contributed by atoms with E-state index in [2.05, 4.69) is 69.3 Å². The van der Waals surface area contributed by atoms with Gasteiger partial charge in [-0.05, 0) is 116 Å². The Morgan fingerprint density at radius 3 is 2.09 bits per heavy atom. The number of nitrogens with one attached hydrogen (secondary N) is 2. The van der Waals surface area contributed by atoms with Crippen LogP contribution in [-0.2, 0) is 5.41 Å². The number of piperidine rings is 1. The number of carbonyl (C=O) groups excluding carboxylic acids is 1. The number of urea groups is 1. The van der Waals surface area contributed by atoms with E-state index in [-0.39, 0.29) is 6.03 Å². The Balaban J connectivity index is 1.02. The molecule has 2 aromatic rings. The van der Waals surface area contributed by atoms with Gasteiger partial charge in [-0.15, -0.1) is 0 Å². The average molecular weight is 457 g/mol. The van der Waals surface area contributed by atoms with E-state index >= 15 is 0 Å². The topological polar surface area (TPSA) is 56.7 Å². The Bertz CT molecular complexity index is 1000. The molecule has 0 aromatic heterocycles. The number of anilines is 2. The summed E-state index contributed by atoms with van der Waals surface area (Å²) in [5, 5.41) is 7.03. The maximum atomic E-state index is 12.3. The molecule has 4 aliphatic carbocycles. The second kappa shape index (κ2) is 9.09. The molecule has 1 saturated heterocycles. The number of hydrogen-bond acceptors (Lipinski definition) is 3. The van der Waals surface area contributed by atoms with Gasteiger partial charge in [-0.25, -0.2) is 10.2 Å². The van der Waals surface area contributed by atoms with Gasteiger partial charge in [0.25, 0.3) is 0 Å². The minimum Gasteiger partial charge on any atom is -0.372 e. The summed E-state index contributed by atoms with van der Waals surface area (Å²) in [5.41, 5.74) is 7.51. The molecule has 178 valence electrons. The quantitative estimate of drug-likeness (QED) is 0.410. The molecule has 34 heavy (non-hydrogen) atoms. The fraction of sp³-hybridized carbons (Fsp3) is 0.517. The van der Waals surface area contributed by atoms with Crippen LogP contribution in [0.25, 0.3) is 0 Å². The molecule has 5 nitrogen and oxygen atoms in total. The van der Waals surface area contributed by atoms with Crippen molar-refractivity contribution < 1.29 is 4.79 Å². The number of amides is 2. The predicted octanol–water partition coefficient (Wildman–Crippen LogP) is 6.30. The third-order valence-corrected chi connectivity index (χ3v) is 8.79. The van der Waals surface area contributed by atoms with Gasteiger partial charge in [0.15, 0.2) is 0 Å². The van der Waals surface area contributed by atoms with Gasteiger partial charge in [-0.1, -0.05) is 24.3 Å². The average Bonchev–Trinajstić information content (AvgIpc) is 2.85. The van der Waals surface area contributed by atoms with Gasteiger partial charge in [0, 0.05) is 24.5 Å². The van der Waals surface area contributed by atoms with Gasteiger partial charge in [0.1, 0.15) is 0 Å². The van der Waals surface area contributed by atoms with E-state index in [0.29, 0.717) is 5.41 Å². The number of benzene rings is 2. The van der Waals surface area contributed by atoms with Gasteiger partial charge in [0.2, 0.25) is 0 Å². The molecule has 0 unspecified atom stereocenters. The lowest BCUT2D eigenvalue weighted by Crippen LogP contribution is -2.48. The minimum atomic E-state index is -0.316. The van der Waals surface area contributed by atoms with E-state index in [1.165, 1.54) is 69.0 Å². The first-order chi connectivity index (χ1) is 16.6. The van der Waals surface area contributed by atoms with Crippen LogP contribution in [0.2, 0.25) is 0 Å². The molecule has 2 amide bonds. The lowest BCUT2D eigenvalue weighted by molar-refractivity contribution is -0.00518. The highest BCUT2D eigenvalue weighted by atomic mass is 16.2. The van der Waals surface area contributed by atoms with Crippen molar-refractivity contribution in [2.24, 2.45) is 22.9 Å². The van der Waals surface area contributed by atoms with Crippen molar-refractivity contribution in [1.82, 2.24) is 5.43 Å². The second-order valence-electron chi connectivity index (χ2n) is 11.2. The van der Waals surface area contributed by atoms with Gasteiger partial charge in [-0.3, -0.25) is 0 Å². The number of nitrogens with zero attached hydrogens (tertiary/aromatic N) is 2. The van der Waals surface area contributed by atoms with E-state index in [1.807, 2.05) is 0 Å². The molecule has 2 N–H and O–H groups in total. The molecule has 0 atom stereocenters. The largest absolute Gasteiger partial charge is 0.372 e. The van der Waals surface area contributed by atoms with Crippen molar-refractivity contribution in [3.8, 4) is 0 Å². The Hall–Kier alpha value is -2.82. The van der Waals surface area contributed by atoms with E-state index in [4.69, 9.17) is 0 Å². The van der Waals surface area contributed by atoms with Crippen LogP contribution < -0.4 is 15.6 Å². The Morgan fingerprint density at radius 1 is 0.853 bits per heavy atom. The molecule has 5 heteroatoms. The van der Waals surface area contributed by atoms with Crippen LogP contribution in [0.1, 0.15) is 68.9 Å². The van der Waals surface area contributed by atoms with E-state index in [9.17, 15) is 4.79 Å². The zero-order valence-electron chi connectivity index (χ0n) is 20.0. The standard InChI is InChI=1S/C29H36N4O/c34-28(32-30-20-21-4-10-27(11-5-21)33-12-2-1-3-13-33)31-26-8-6-25(7-9-26)29-17-22-14-23(18-29)16-24(15-22)19-29/h4-11,20,22-24H,1-3,12-19H2,(H2,31,32,34)/b30-20-. The summed E-state index contributed by atoms with van der Waals surface area (Å²) in [6.45, 7) is 2.28. The van der Waals surface area contributed by atoms with Crippen molar-refractivity contribution in [3.63, 3.8) is 0 Å². The first-order valence-corrected chi connectivity index (χ1v) is 13.2. The van der Waals surface area contributed by atoms with Crippen molar-refractivity contribution in [2.75, 3.05) is 23.3 Å². The summed E-state index contributed by atoms with van der Waals surface area (Å²) in [6, 6.07) is 16.7. The van der Waals surface area contributed by atoms with Gasteiger partial charge in [-0.2, -0.15) is 5.10 Å². The monoisotopic (exact) mass is 456 g/mol. The number of carbonyl (C=O) groups is 1. The Labute approximate surface area is 203 Å². The molecule has 7 rings (SSSR count). The highest BCUT2D eigenvalue weighted by Gasteiger charge is 2.51. The fourth-order valence-electron chi connectivity index (χ4n) is 7.62. The van der Waals surface area contributed by atoms with Crippen LogP contribution in [0.5, 0.6) is 0 Å². The van der Waals surface area contributed by atoms with Gasteiger partial charge >= 0.3 is 6.03 Å². The highest BCUT2D eigenvalue weighted by molar-refractivity contribution is 5.90. The molecule has 4 saturated carbocycles. The van der Waals surface area contributed by atoms with Crippen LogP contribution in [0.3, 0.4) is 0 Å². The summed E-state index contributed by atoms with van der Waals surface area (Å²) < 4.78 is 0. The van der Waals surface area contributed by atoms with Crippen molar-refractivity contribution in [3.05, 3.63) is 59.7 Å². The third-order valence-electron chi connectivity index (χ3n) is 8.79. The van der Waals surface area contributed by atoms with E-state index in [0.717, 1.165) is 42.1 Å². The molecule has 0 spiro atoms. The SMILES string of the molecule is O=C(N/N=C\c1ccc(N2CCCCC2)cc1)Nc1ccc(C23CC4CC(CC(C4)C2)C3)cc1. The van der Waals surface area contributed by atoms with Crippen molar-refractivity contribution in [1.29, 1.82) is 0 Å². The maximum Gasteiger partial charge on any atom is 0.339 e. The Kier molecular flexibility index (Phi) is 5.80. The molecular formula is C29H36N4O. The predicted molar refractivity (Wildman–Crippen MR) is 139 cm³/mol. The van der Waals surface area contributed by atoms with Crippen molar-refractivity contribution in [2.45, 2.75) is 63.2 Å². The first-order valence-electron chi connectivity index (χ1n) is 13.2. The number of hydrazone groups is 1. The van der Waals surface area contributed by atoms with Crippen LogP contribution >= 0.6 is 0 Å². The van der Waals surface area contributed by atoms with Gasteiger partial charge in [0.05, 0.1) is 6.21 Å². The third kappa shape index (κ3) is 4.45. The van der Waals surface area contributed by atoms with E-state index in [1.54, 1.807) is 6.21 Å². The zero-order chi connectivity index (χ0) is 23.0. The molecule has 0 radical (unpaired) electrons. The summed E-state index contributed by atoms with van der Waals surface area (Å²) in [4.78, 5) is 14.8. The smallest absolute Gasteiger partial charge is 0.339 e. The second-order valence-corrected chi connectivity index (χ2v) is 11.2. The molecular weight excluding hydrogens is 420 g/mol. The lowest BCUT2D eigenvalue weighted by atomic mass is 9.48. The molecule has 1 aliphatic heterocycles. The molecule has 5 fully saturated rings. The van der Waals surface area contributed by atoms with E-state index < -0.39 is 0 Å². The maximum absolute atomic E-state index is 12.3. The zero-order valence-corrected chi connectivity index (χ0v) is 20.0. The molecule has 4 bridgehead atoms. The first kappa shape index (κ1) is 21.7.